The lowest BCUT2D eigenvalue weighted by atomic mass is 9.83. The van der Waals surface area contributed by atoms with Crippen LogP contribution in [0.3, 0.4) is 0 Å². The molecule has 1 fully saturated rings. The zero-order chi connectivity index (χ0) is 12.3. The third-order valence-corrected chi connectivity index (χ3v) is 3.80. The number of benzene rings is 1. The van der Waals surface area contributed by atoms with E-state index in [1.165, 1.54) is 37.7 Å². The SMILES string of the molecule is CC(C)C(=O)c1ccc(C2CCCCC2)cc1. The Morgan fingerprint density at radius 2 is 1.65 bits per heavy atom. The second-order valence-electron chi connectivity index (χ2n) is 5.48. The molecule has 1 aliphatic rings. The van der Waals surface area contributed by atoms with Crippen LogP contribution in [0.4, 0.5) is 0 Å². The van der Waals surface area contributed by atoms with Crippen molar-refractivity contribution >= 4 is 5.78 Å². The standard InChI is InChI=1S/C16H22O/c1-12(2)16(17)15-10-8-14(9-11-15)13-6-4-3-5-7-13/h8-13H,3-7H2,1-2H3. The molecule has 0 aliphatic heterocycles. The van der Waals surface area contributed by atoms with E-state index >= 15 is 0 Å². The highest BCUT2D eigenvalue weighted by atomic mass is 16.1. The first-order valence-electron chi connectivity index (χ1n) is 6.82. The zero-order valence-corrected chi connectivity index (χ0v) is 10.9. The minimum atomic E-state index is 0.0931. The minimum absolute atomic E-state index is 0.0931. The highest BCUT2D eigenvalue weighted by Crippen LogP contribution is 2.32. The fourth-order valence-electron chi connectivity index (χ4n) is 2.69. The summed E-state index contributed by atoms with van der Waals surface area (Å²) in [7, 11) is 0. The van der Waals surface area contributed by atoms with Gasteiger partial charge in [-0.05, 0) is 24.3 Å². The quantitative estimate of drug-likeness (QED) is 0.695. The number of carbonyl (C=O) groups is 1. The van der Waals surface area contributed by atoms with Gasteiger partial charge in [0.25, 0.3) is 0 Å². The summed E-state index contributed by atoms with van der Waals surface area (Å²) in [5, 5.41) is 0. The number of ketones is 1. The number of hydrogen-bond acceptors (Lipinski definition) is 1. The van der Waals surface area contributed by atoms with Crippen LogP contribution in [-0.4, -0.2) is 5.78 Å². The molecule has 0 heterocycles. The summed E-state index contributed by atoms with van der Waals surface area (Å²) in [4.78, 5) is 11.8. The maximum Gasteiger partial charge on any atom is 0.165 e. The van der Waals surface area contributed by atoms with Crippen LogP contribution < -0.4 is 0 Å². The van der Waals surface area contributed by atoms with Gasteiger partial charge in [-0.2, -0.15) is 0 Å². The average Bonchev–Trinajstić information content (AvgIpc) is 2.39. The summed E-state index contributed by atoms with van der Waals surface area (Å²) in [6.07, 6.45) is 6.74. The first kappa shape index (κ1) is 12.3. The Morgan fingerprint density at radius 1 is 1.06 bits per heavy atom. The van der Waals surface area contributed by atoms with E-state index in [0.29, 0.717) is 0 Å². The van der Waals surface area contributed by atoms with Crippen molar-refractivity contribution in [3.63, 3.8) is 0 Å². The molecule has 0 atom stereocenters. The molecule has 1 aromatic rings. The van der Waals surface area contributed by atoms with Gasteiger partial charge in [0.2, 0.25) is 0 Å². The van der Waals surface area contributed by atoms with Gasteiger partial charge in [-0.15, -0.1) is 0 Å². The van der Waals surface area contributed by atoms with Crippen molar-refractivity contribution in [3.8, 4) is 0 Å². The molecule has 1 aromatic carbocycles. The highest BCUT2D eigenvalue weighted by Gasteiger charge is 2.16. The third kappa shape index (κ3) is 2.96. The van der Waals surface area contributed by atoms with Gasteiger partial charge in [0, 0.05) is 11.5 Å². The van der Waals surface area contributed by atoms with Crippen LogP contribution in [0.25, 0.3) is 0 Å². The van der Waals surface area contributed by atoms with Crippen molar-refractivity contribution in [1.29, 1.82) is 0 Å². The summed E-state index contributed by atoms with van der Waals surface area (Å²) in [5.41, 5.74) is 2.28. The van der Waals surface area contributed by atoms with Gasteiger partial charge < -0.3 is 0 Å². The molecule has 92 valence electrons. The van der Waals surface area contributed by atoms with E-state index in [1.807, 2.05) is 26.0 Å². The third-order valence-electron chi connectivity index (χ3n) is 3.80. The van der Waals surface area contributed by atoms with Gasteiger partial charge >= 0.3 is 0 Å². The van der Waals surface area contributed by atoms with Gasteiger partial charge in [0.15, 0.2) is 5.78 Å². The minimum Gasteiger partial charge on any atom is -0.294 e. The normalized spacial score (nSPS) is 17.4. The molecule has 0 spiro atoms. The van der Waals surface area contributed by atoms with Crippen molar-refractivity contribution < 1.29 is 4.79 Å². The summed E-state index contributed by atoms with van der Waals surface area (Å²) >= 11 is 0. The van der Waals surface area contributed by atoms with Crippen molar-refractivity contribution in [1.82, 2.24) is 0 Å². The smallest absolute Gasteiger partial charge is 0.165 e. The Morgan fingerprint density at radius 3 is 2.18 bits per heavy atom. The lowest BCUT2D eigenvalue weighted by Crippen LogP contribution is -2.08. The molecule has 1 aliphatic carbocycles. The molecule has 1 saturated carbocycles. The fraction of sp³-hybridized carbons (Fsp3) is 0.562. The van der Waals surface area contributed by atoms with Crippen LogP contribution in [0.15, 0.2) is 24.3 Å². The molecule has 0 bridgehead atoms. The van der Waals surface area contributed by atoms with Gasteiger partial charge in [0.05, 0.1) is 0 Å². The van der Waals surface area contributed by atoms with E-state index in [9.17, 15) is 4.79 Å². The molecule has 1 heteroatoms. The van der Waals surface area contributed by atoms with E-state index in [0.717, 1.165) is 11.5 Å². The molecular formula is C16H22O. The van der Waals surface area contributed by atoms with Gasteiger partial charge in [-0.3, -0.25) is 4.79 Å². The average molecular weight is 230 g/mol. The van der Waals surface area contributed by atoms with E-state index in [-0.39, 0.29) is 11.7 Å². The van der Waals surface area contributed by atoms with Crippen LogP contribution >= 0.6 is 0 Å². The second kappa shape index (κ2) is 5.48. The Labute approximate surface area is 104 Å². The molecule has 0 N–H and O–H groups in total. The predicted octanol–water partition coefficient (Wildman–Crippen LogP) is 4.57. The lowest BCUT2D eigenvalue weighted by Gasteiger charge is -2.22. The Kier molecular flexibility index (Phi) is 3.98. The van der Waals surface area contributed by atoms with Gasteiger partial charge in [-0.25, -0.2) is 0 Å². The van der Waals surface area contributed by atoms with Crippen LogP contribution in [0.1, 0.15) is 67.8 Å². The van der Waals surface area contributed by atoms with Gasteiger partial charge in [0.1, 0.15) is 0 Å². The van der Waals surface area contributed by atoms with E-state index in [4.69, 9.17) is 0 Å². The number of carbonyl (C=O) groups excluding carboxylic acids is 1. The predicted molar refractivity (Wildman–Crippen MR) is 71.4 cm³/mol. The topological polar surface area (TPSA) is 17.1 Å². The largest absolute Gasteiger partial charge is 0.294 e. The van der Waals surface area contributed by atoms with Crippen molar-refractivity contribution in [2.45, 2.75) is 51.9 Å². The van der Waals surface area contributed by atoms with E-state index in [1.54, 1.807) is 0 Å². The van der Waals surface area contributed by atoms with Crippen molar-refractivity contribution in [2.75, 3.05) is 0 Å². The first-order valence-corrected chi connectivity index (χ1v) is 6.82. The molecule has 1 nitrogen and oxygen atoms in total. The van der Waals surface area contributed by atoms with Crippen LogP contribution in [0.5, 0.6) is 0 Å². The van der Waals surface area contributed by atoms with E-state index < -0.39 is 0 Å². The first-order chi connectivity index (χ1) is 8.18. The molecule has 17 heavy (non-hydrogen) atoms. The maximum atomic E-state index is 11.8. The second-order valence-corrected chi connectivity index (χ2v) is 5.48. The Balaban J connectivity index is 2.09. The summed E-state index contributed by atoms with van der Waals surface area (Å²) in [5.74, 6) is 1.07. The Bertz CT molecular complexity index is 369. The van der Waals surface area contributed by atoms with Crippen LogP contribution in [-0.2, 0) is 0 Å². The number of hydrogen-bond donors (Lipinski definition) is 0. The monoisotopic (exact) mass is 230 g/mol. The molecule has 0 amide bonds. The number of rotatable bonds is 3. The number of Topliss-reactive ketones (excluding diaryl/α,β-unsaturated/α-hetero) is 1. The van der Waals surface area contributed by atoms with Crippen molar-refractivity contribution in [3.05, 3.63) is 35.4 Å². The van der Waals surface area contributed by atoms with Crippen molar-refractivity contribution in [2.24, 2.45) is 5.92 Å². The van der Waals surface area contributed by atoms with E-state index in [2.05, 4.69) is 12.1 Å². The highest BCUT2D eigenvalue weighted by molar-refractivity contribution is 5.97. The van der Waals surface area contributed by atoms with Crippen LogP contribution in [0.2, 0.25) is 0 Å². The molecule has 0 saturated heterocycles. The molecule has 0 radical (unpaired) electrons. The van der Waals surface area contributed by atoms with Gasteiger partial charge in [-0.1, -0.05) is 57.4 Å². The summed E-state index contributed by atoms with van der Waals surface area (Å²) in [6.45, 7) is 3.91. The summed E-state index contributed by atoms with van der Waals surface area (Å²) < 4.78 is 0. The lowest BCUT2D eigenvalue weighted by molar-refractivity contribution is 0.0939. The Hall–Kier alpha value is -1.11. The van der Waals surface area contributed by atoms with Crippen LogP contribution in [0, 0.1) is 5.92 Å². The molecule has 2 rings (SSSR count). The molecule has 0 unspecified atom stereocenters. The zero-order valence-electron chi connectivity index (χ0n) is 10.9. The molecule has 0 aromatic heterocycles. The molecular weight excluding hydrogens is 208 g/mol. The fourth-order valence-corrected chi connectivity index (χ4v) is 2.69. The maximum absolute atomic E-state index is 11.8. The summed E-state index contributed by atoms with van der Waals surface area (Å²) in [6, 6.07) is 8.33.